The summed E-state index contributed by atoms with van der Waals surface area (Å²) in [6.45, 7) is 52.0. The fourth-order valence-electron chi connectivity index (χ4n) is 10.4. The molecule has 0 saturated heterocycles. The highest BCUT2D eigenvalue weighted by molar-refractivity contribution is 7.80. The van der Waals surface area contributed by atoms with Crippen LogP contribution in [0.1, 0.15) is 125 Å². The van der Waals surface area contributed by atoms with E-state index in [0.717, 1.165) is 45.3 Å². The summed E-state index contributed by atoms with van der Waals surface area (Å²) in [6, 6.07) is 46.8. The molecule has 0 bridgehead atoms. The van der Waals surface area contributed by atoms with E-state index in [1.54, 1.807) is 6.07 Å². The monoisotopic (exact) mass is 1160 g/mol. The molecule has 0 N–H and O–H groups in total. The van der Waals surface area contributed by atoms with Gasteiger partial charge in [-0.3, -0.25) is 0 Å². The van der Waals surface area contributed by atoms with Gasteiger partial charge < -0.3 is 9.80 Å². The van der Waals surface area contributed by atoms with Gasteiger partial charge >= 0.3 is 0 Å². The van der Waals surface area contributed by atoms with Gasteiger partial charge in [-0.05, 0) is 164 Å². The Bertz CT molecular complexity index is 3660. The van der Waals surface area contributed by atoms with Crippen LogP contribution < -0.4 is 9.80 Å². The first-order valence-corrected chi connectivity index (χ1v) is 31.8. The Balaban J connectivity index is 0.00000187. The minimum Gasteiger partial charge on any atom is -0.310 e. The Hall–Kier alpha value is -8.62. The highest BCUT2D eigenvalue weighted by atomic mass is 32.1. The lowest BCUT2D eigenvalue weighted by molar-refractivity contribution is 1.14. The Labute approximate surface area is 526 Å². The molecular formula is C82H101N3S. The van der Waals surface area contributed by atoms with Gasteiger partial charge in [-0.2, -0.15) is 17.9 Å². The number of allylic oxidation sites excluding steroid dienone is 16. The quantitative estimate of drug-likeness (QED) is 0.0772. The maximum atomic E-state index is 7.32. The normalized spacial score (nSPS) is 11.3. The van der Waals surface area contributed by atoms with E-state index < -0.39 is 0 Å². The van der Waals surface area contributed by atoms with Crippen molar-refractivity contribution in [3.8, 4) is 28.3 Å². The van der Waals surface area contributed by atoms with Crippen molar-refractivity contribution in [2.24, 2.45) is 0 Å². The van der Waals surface area contributed by atoms with E-state index in [4.69, 9.17) is 5.26 Å². The maximum absolute atomic E-state index is 7.32. The first kappa shape index (κ1) is 75.4. The Morgan fingerprint density at radius 3 is 0.977 bits per heavy atom. The molecule has 0 unspecified atom stereocenters. The molecule has 0 heterocycles. The van der Waals surface area contributed by atoms with Gasteiger partial charge in [0.05, 0.1) is 17.4 Å². The second kappa shape index (κ2) is 42.2. The third-order valence-corrected chi connectivity index (χ3v) is 12.8. The summed E-state index contributed by atoms with van der Waals surface area (Å²) in [6.07, 6.45) is 32.6. The molecule has 0 fully saturated rings. The smallest absolute Gasteiger partial charge is 0.0587 e. The van der Waals surface area contributed by atoms with Crippen molar-refractivity contribution in [1.29, 1.82) is 5.26 Å². The van der Waals surface area contributed by atoms with E-state index >= 15 is 0 Å². The number of thiol groups is 1. The molecule has 0 amide bonds. The molecule has 4 heteroatoms. The van der Waals surface area contributed by atoms with E-state index in [9.17, 15) is 0 Å². The van der Waals surface area contributed by atoms with Gasteiger partial charge in [-0.25, -0.2) is 0 Å². The first-order chi connectivity index (χ1) is 42.3. The third kappa shape index (κ3) is 16.8. The molecule has 0 spiro atoms. The van der Waals surface area contributed by atoms with Gasteiger partial charge in [0.15, 0.2) is 0 Å². The summed E-state index contributed by atoms with van der Waals surface area (Å²) in [4.78, 5) is 4.65. The van der Waals surface area contributed by atoms with E-state index in [0.29, 0.717) is 0 Å². The molecule has 0 aromatic heterocycles. The topological polar surface area (TPSA) is 30.3 Å². The van der Waals surface area contributed by atoms with Crippen molar-refractivity contribution in [3.05, 3.63) is 268 Å². The van der Waals surface area contributed by atoms with Crippen LogP contribution in [0, 0.1) is 11.3 Å². The van der Waals surface area contributed by atoms with Crippen LogP contribution in [-0.2, 0) is 0 Å². The van der Waals surface area contributed by atoms with Crippen molar-refractivity contribution in [2.45, 2.75) is 125 Å². The average Bonchev–Trinajstić information content (AvgIpc) is 1.52. The first-order valence-electron chi connectivity index (χ1n) is 31.1. The summed E-state index contributed by atoms with van der Waals surface area (Å²) in [5.41, 5.74) is 11.0. The number of benzene rings is 7. The fourth-order valence-corrected chi connectivity index (χ4v) is 10.4. The van der Waals surface area contributed by atoms with Crippen molar-refractivity contribution >= 4 is 88.6 Å². The highest BCUT2D eigenvalue weighted by Crippen LogP contribution is 2.57. The van der Waals surface area contributed by atoms with Gasteiger partial charge in [0.1, 0.15) is 0 Å². The van der Waals surface area contributed by atoms with E-state index in [1.807, 2.05) is 120 Å². The number of hydrogen-bond donors (Lipinski definition) is 1. The Kier molecular flexibility index (Phi) is 37.0. The van der Waals surface area contributed by atoms with Crippen molar-refractivity contribution in [3.63, 3.8) is 0 Å². The van der Waals surface area contributed by atoms with Crippen molar-refractivity contribution < 1.29 is 0 Å². The molecular weight excluding hydrogens is 1060 g/mol. The van der Waals surface area contributed by atoms with E-state index in [2.05, 4.69) is 265 Å². The third-order valence-electron chi connectivity index (χ3n) is 12.8. The lowest BCUT2D eigenvalue weighted by Gasteiger charge is -2.28. The number of rotatable bonds is 16. The summed E-state index contributed by atoms with van der Waals surface area (Å²) in [5, 5.41) is 22.0. The molecule has 9 rings (SSSR count). The maximum Gasteiger partial charge on any atom is 0.0587 e. The fraction of sp³-hybridized carbons (Fsp3) is 0.232. The molecule has 9 aromatic rings. The van der Waals surface area contributed by atoms with Crippen LogP contribution >= 0.6 is 12.6 Å². The zero-order chi connectivity index (χ0) is 64.7. The molecule has 450 valence electrons. The van der Waals surface area contributed by atoms with Crippen LogP contribution in [0.25, 0.3) is 86.9 Å². The minimum absolute atomic E-state index is 0.944. The van der Waals surface area contributed by atoms with Crippen LogP contribution in [0.3, 0.4) is 0 Å². The molecule has 0 aliphatic heterocycles. The lowest BCUT2D eigenvalue weighted by Crippen LogP contribution is -2.20. The lowest BCUT2D eigenvalue weighted by atomic mass is 9.87. The molecule has 0 atom stereocenters. The average molecular weight is 1160 g/mol. The summed E-state index contributed by atoms with van der Waals surface area (Å²) >= 11 is 3.79. The van der Waals surface area contributed by atoms with Crippen LogP contribution in [0.5, 0.6) is 0 Å². The zero-order valence-corrected chi connectivity index (χ0v) is 56.5. The predicted molar refractivity (Wildman–Crippen MR) is 401 cm³/mol. The van der Waals surface area contributed by atoms with Gasteiger partial charge in [-0.1, -0.05) is 280 Å². The summed E-state index contributed by atoms with van der Waals surface area (Å²) in [5.74, 6) is 0.944. The van der Waals surface area contributed by atoms with Gasteiger partial charge in [0, 0.05) is 40.5 Å². The van der Waals surface area contributed by atoms with Crippen LogP contribution in [0.4, 0.5) is 11.4 Å². The SMILES string of the molecule is C=C/C=C\C(=C/C)N(C(/C=C\C)=C/C=C)c1ccc2c3c(-c4ccccc4)c4c5cccc6c(N(C(/C=C\C)=C/C=C)C(/C=C\C)=C/C=C)ccc(c4c(-c4ccccc4)c3c3cccc1c32)c65.CC.CC.CC.CC.CC.CC.CC#N.CCS. The van der Waals surface area contributed by atoms with Crippen molar-refractivity contribution in [1.82, 2.24) is 0 Å². The highest BCUT2D eigenvalue weighted by Gasteiger charge is 2.30. The summed E-state index contributed by atoms with van der Waals surface area (Å²) in [7, 11) is 0. The molecule has 9 aromatic carbocycles. The number of nitrogens with zero attached hydrogens (tertiary/aromatic N) is 3. The Morgan fingerprint density at radius 1 is 0.407 bits per heavy atom. The number of nitriles is 1. The number of anilines is 2. The molecule has 86 heavy (non-hydrogen) atoms. The largest absolute Gasteiger partial charge is 0.310 e. The van der Waals surface area contributed by atoms with E-state index in [1.165, 1.54) is 88.4 Å². The van der Waals surface area contributed by atoms with Crippen LogP contribution in [0.15, 0.2) is 268 Å². The summed E-state index contributed by atoms with van der Waals surface area (Å²) < 4.78 is 0. The predicted octanol–water partition coefficient (Wildman–Crippen LogP) is 26.6. The standard InChI is InChI=1S/C66H56N2.C2H3N.C2H6S.6C2H6/c1-9-17-36-47(16-8)67(48(26-10-2)27-11-3)57-43-41-55-61-51(57)37-24-39-53(61)63-59(45-32-20-18-21-33-45)66-56-42-44-58(68(49(28-12-4)29-13-5)50(30-14-6)31-15-7)52-38-25-40-54(62(52)56)64(66)60(65(55)63)46-34-22-19-23-35-46;2*1-2-3;6*1-2/h9-44H,1-2,4,6H2,3,5,7-8H3;1H3;3H,2H2,1H3;6*1-2H3/b27-11-,29-13-,31-15-,36-17-,47-16+,48-26+,49-28+,50-30+;;;;;;;;. The van der Waals surface area contributed by atoms with Gasteiger partial charge in [-0.15, -0.1) is 0 Å². The van der Waals surface area contributed by atoms with Crippen LogP contribution in [0.2, 0.25) is 0 Å². The molecule has 0 saturated carbocycles. The van der Waals surface area contributed by atoms with Gasteiger partial charge in [0.25, 0.3) is 0 Å². The zero-order valence-electron chi connectivity index (χ0n) is 55.6. The number of hydrogen-bond acceptors (Lipinski definition) is 4. The van der Waals surface area contributed by atoms with E-state index in [-0.39, 0.29) is 0 Å². The molecule has 0 aliphatic carbocycles. The number of fused-ring (bicyclic) bond motifs is 6. The minimum atomic E-state index is 0.944. The second-order valence-corrected chi connectivity index (χ2v) is 17.8. The molecule has 0 aliphatic rings. The molecule has 3 nitrogen and oxygen atoms in total. The van der Waals surface area contributed by atoms with Crippen molar-refractivity contribution in [2.75, 3.05) is 15.6 Å². The molecule has 0 radical (unpaired) electrons. The van der Waals surface area contributed by atoms with Gasteiger partial charge in [0.2, 0.25) is 0 Å². The van der Waals surface area contributed by atoms with Crippen LogP contribution in [-0.4, -0.2) is 5.75 Å². The Morgan fingerprint density at radius 2 is 0.698 bits per heavy atom. The second-order valence-electron chi connectivity index (χ2n) is 17.2.